The van der Waals surface area contributed by atoms with Gasteiger partial charge in [-0.1, -0.05) is 6.08 Å². The highest BCUT2D eigenvalue weighted by Gasteiger charge is 2.38. The number of carboxylic acid groups (broad SMARTS) is 1. The number of ether oxygens (including phenoxy) is 7. The molecule has 0 saturated carbocycles. The maximum Gasteiger partial charge on any atom is 0.330 e. The Morgan fingerprint density at radius 2 is 1.37 bits per heavy atom. The lowest BCUT2D eigenvalue weighted by molar-refractivity contribution is -0.132. The van der Waals surface area contributed by atoms with E-state index in [9.17, 15) is 9.90 Å². The molecule has 3 rings (SSSR count). The van der Waals surface area contributed by atoms with Crippen molar-refractivity contribution in [3.05, 3.63) is 47.0 Å². The molecule has 2 aromatic carbocycles. The van der Waals surface area contributed by atoms with Crippen LogP contribution in [0.1, 0.15) is 37.0 Å². The maximum atomic E-state index is 11.3. The summed E-state index contributed by atoms with van der Waals surface area (Å²) in [5, 5.41) is 9.29. The molecule has 0 spiro atoms. The maximum absolute atomic E-state index is 11.3. The zero-order chi connectivity index (χ0) is 27.8. The topological polar surface area (TPSA) is 102 Å². The van der Waals surface area contributed by atoms with Gasteiger partial charge in [-0.25, -0.2) is 4.79 Å². The lowest BCUT2D eigenvalue weighted by Gasteiger charge is -2.25. The lowest BCUT2D eigenvalue weighted by Crippen LogP contribution is -2.18. The molecule has 208 valence electrons. The highest BCUT2D eigenvalue weighted by molar-refractivity contribution is 5.85. The second-order valence-electron chi connectivity index (χ2n) is 9.14. The van der Waals surface area contributed by atoms with Crippen LogP contribution in [0.15, 0.2) is 35.9 Å². The van der Waals surface area contributed by atoms with Gasteiger partial charge in [0.15, 0.2) is 23.0 Å². The van der Waals surface area contributed by atoms with Crippen molar-refractivity contribution >= 4 is 5.97 Å². The molecule has 9 nitrogen and oxygen atoms in total. The van der Waals surface area contributed by atoms with Crippen molar-refractivity contribution in [1.82, 2.24) is 0 Å². The molecule has 1 aliphatic heterocycles. The third-order valence-corrected chi connectivity index (χ3v) is 7.01. The Bertz CT molecular complexity index is 1090. The number of aliphatic carboxylic acids is 1. The van der Waals surface area contributed by atoms with Crippen LogP contribution in [0.25, 0.3) is 0 Å². The predicted molar refractivity (Wildman–Crippen MR) is 142 cm³/mol. The number of hydrogen-bond donors (Lipinski definition) is 1. The van der Waals surface area contributed by atoms with E-state index in [4.69, 9.17) is 33.2 Å². The number of carbonyl (C=O) groups is 1. The summed E-state index contributed by atoms with van der Waals surface area (Å²) in [6, 6.07) is 7.75. The van der Waals surface area contributed by atoms with E-state index < -0.39 is 5.97 Å². The first kappa shape index (κ1) is 29.0. The molecule has 1 aliphatic rings. The van der Waals surface area contributed by atoms with Crippen molar-refractivity contribution in [2.45, 2.75) is 32.3 Å². The molecule has 1 N–H and O–H groups in total. The van der Waals surface area contributed by atoms with Crippen LogP contribution in [0.5, 0.6) is 34.5 Å². The molecular weight excluding hydrogens is 492 g/mol. The quantitative estimate of drug-likeness (QED) is 0.355. The Kier molecular flexibility index (Phi) is 10.1. The number of rotatable bonds is 13. The van der Waals surface area contributed by atoms with Crippen LogP contribution in [0.3, 0.4) is 0 Å². The molecular formula is C29H38O9. The van der Waals surface area contributed by atoms with Crippen LogP contribution >= 0.6 is 0 Å². The van der Waals surface area contributed by atoms with Gasteiger partial charge in [-0.05, 0) is 73.4 Å². The fraction of sp³-hybridized carbons (Fsp3) is 0.483. The van der Waals surface area contributed by atoms with Gasteiger partial charge in [-0.15, -0.1) is 0 Å². The smallest absolute Gasteiger partial charge is 0.330 e. The SMILES string of the molecule is COc1cc(C[C@H]2CO[C@H](c3cc(OC)c(OC)c(OC)c3)[C@@H]2CC/C=C(/C)C(=O)O)cc(OC)c1OC. The van der Waals surface area contributed by atoms with Crippen LogP contribution in [0.4, 0.5) is 0 Å². The molecule has 0 unspecified atom stereocenters. The first-order valence-electron chi connectivity index (χ1n) is 12.4. The minimum Gasteiger partial charge on any atom is -0.493 e. The number of methoxy groups -OCH3 is 6. The third kappa shape index (κ3) is 6.27. The summed E-state index contributed by atoms with van der Waals surface area (Å²) in [5.41, 5.74) is 2.27. The number of benzene rings is 2. The molecule has 3 atom stereocenters. The summed E-state index contributed by atoms with van der Waals surface area (Å²) in [5.74, 6) is 2.69. The van der Waals surface area contributed by atoms with Crippen molar-refractivity contribution in [3.63, 3.8) is 0 Å². The van der Waals surface area contributed by atoms with E-state index in [2.05, 4.69) is 0 Å². The van der Waals surface area contributed by atoms with E-state index in [1.54, 1.807) is 55.7 Å². The van der Waals surface area contributed by atoms with Crippen LogP contribution < -0.4 is 28.4 Å². The van der Waals surface area contributed by atoms with Gasteiger partial charge in [0.1, 0.15) is 0 Å². The minimum atomic E-state index is -0.914. The van der Waals surface area contributed by atoms with E-state index in [1.165, 1.54) is 0 Å². The van der Waals surface area contributed by atoms with Crippen molar-refractivity contribution in [2.75, 3.05) is 49.3 Å². The number of hydrogen-bond acceptors (Lipinski definition) is 8. The van der Waals surface area contributed by atoms with Crippen LogP contribution in [-0.2, 0) is 16.0 Å². The molecule has 0 bridgehead atoms. The summed E-state index contributed by atoms with van der Waals surface area (Å²) in [6.07, 6.45) is 3.59. The number of allylic oxidation sites excluding steroid dienone is 1. The molecule has 1 fully saturated rings. The molecule has 0 radical (unpaired) electrons. The monoisotopic (exact) mass is 530 g/mol. The normalized spacial score (nSPS) is 19.1. The lowest BCUT2D eigenvalue weighted by atomic mass is 9.80. The Morgan fingerprint density at radius 1 is 0.868 bits per heavy atom. The van der Waals surface area contributed by atoms with Gasteiger partial charge in [-0.2, -0.15) is 0 Å². The highest BCUT2D eigenvalue weighted by atomic mass is 16.5. The fourth-order valence-electron chi connectivity index (χ4n) is 5.06. The Morgan fingerprint density at radius 3 is 1.82 bits per heavy atom. The van der Waals surface area contributed by atoms with Crippen LogP contribution in [0, 0.1) is 11.8 Å². The molecule has 9 heteroatoms. The molecule has 0 amide bonds. The van der Waals surface area contributed by atoms with E-state index in [0.717, 1.165) is 17.5 Å². The summed E-state index contributed by atoms with van der Waals surface area (Å²) in [7, 11) is 9.51. The van der Waals surface area contributed by atoms with Gasteiger partial charge in [0.2, 0.25) is 11.5 Å². The second kappa shape index (κ2) is 13.3. The third-order valence-electron chi connectivity index (χ3n) is 7.01. The largest absolute Gasteiger partial charge is 0.493 e. The highest BCUT2D eigenvalue weighted by Crippen LogP contribution is 2.48. The van der Waals surface area contributed by atoms with E-state index in [-0.39, 0.29) is 17.9 Å². The summed E-state index contributed by atoms with van der Waals surface area (Å²) < 4.78 is 39.6. The Balaban J connectivity index is 1.98. The molecule has 2 aromatic rings. The van der Waals surface area contributed by atoms with Crippen LogP contribution in [0.2, 0.25) is 0 Å². The van der Waals surface area contributed by atoms with Gasteiger partial charge >= 0.3 is 5.97 Å². The van der Waals surface area contributed by atoms with Gasteiger partial charge in [-0.3, -0.25) is 0 Å². The van der Waals surface area contributed by atoms with E-state index >= 15 is 0 Å². The predicted octanol–water partition coefficient (Wildman–Crippen LogP) is 5.10. The van der Waals surface area contributed by atoms with Crippen molar-refractivity contribution in [2.24, 2.45) is 11.8 Å². The Hall–Kier alpha value is -3.59. The zero-order valence-electron chi connectivity index (χ0n) is 23.2. The first-order chi connectivity index (χ1) is 18.3. The summed E-state index contributed by atoms with van der Waals surface area (Å²) >= 11 is 0. The fourth-order valence-corrected chi connectivity index (χ4v) is 5.06. The van der Waals surface area contributed by atoms with Crippen LogP contribution in [-0.4, -0.2) is 60.3 Å². The van der Waals surface area contributed by atoms with Gasteiger partial charge in [0.05, 0.1) is 55.4 Å². The van der Waals surface area contributed by atoms with Crippen molar-refractivity contribution < 1.29 is 43.1 Å². The average Bonchev–Trinajstić information content (AvgIpc) is 3.33. The molecule has 0 aromatic heterocycles. The number of carboxylic acids is 1. The summed E-state index contributed by atoms with van der Waals surface area (Å²) in [4.78, 5) is 11.3. The van der Waals surface area contributed by atoms with E-state index in [1.807, 2.05) is 24.3 Å². The second-order valence-corrected chi connectivity index (χ2v) is 9.14. The van der Waals surface area contributed by atoms with Crippen molar-refractivity contribution in [3.8, 4) is 34.5 Å². The summed E-state index contributed by atoms with van der Waals surface area (Å²) in [6.45, 7) is 2.14. The van der Waals surface area contributed by atoms with Gasteiger partial charge in [0, 0.05) is 5.57 Å². The first-order valence-corrected chi connectivity index (χ1v) is 12.4. The Labute approximate surface area is 224 Å². The molecule has 0 aliphatic carbocycles. The standard InChI is InChI=1S/C29H38O9/c1-17(29(30)31)9-8-10-21-20(11-18-12-22(32-2)27(36-6)23(13-18)33-3)16-38-26(21)19-14-24(34-4)28(37-7)25(15-19)35-5/h9,12-15,20-21,26H,8,10-11,16H2,1-7H3,(H,30,31)/b17-9-/t20-,21+,26+/m0/s1. The van der Waals surface area contributed by atoms with E-state index in [0.29, 0.717) is 59.5 Å². The minimum absolute atomic E-state index is 0.0924. The van der Waals surface area contributed by atoms with Gasteiger partial charge in [0.25, 0.3) is 0 Å². The zero-order valence-corrected chi connectivity index (χ0v) is 23.2. The average molecular weight is 531 g/mol. The molecule has 1 saturated heterocycles. The molecule has 1 heterocycles. The van der Waals surface area contributed by atoms with Gasteiger partial charge < -0.3 is 38.3 Å². The van der Waals surface area contributed by atoms with Crippen molar-refractivity contribution in [1.29, 1.82) is 0 Å². The molecule has 38 heavy (non-hydrogen) atoms.